The molecular weight excluding hydrogens is 356 g/mol. The molecule has 0 amide bonds. The minimum atomic E-state index is -0.818. The van der Waals surface area contributed by atoms with Crippen molar-refractivity contribution in [3.63, 3.8) is 0 Å². The molecule has 0 radical (unpaired) electrons. The maximum absolute atomic E-state index is 12.7. The first-order valence-corrected chi connectivity index (χ1v) is 11.1. The number of rotatable bonds is 8. The second-order valence-electron chi connectivity index (χ2n) is 9.83. The Morgan fingerprint density at radius 3 is 2.54 bits per heavy atom. The summed E-state index contributed by atoms with van der Waals surface area (Å²) in [6.45, 7) is 6.22. The second-order valence-corrected chi connectivity index (χ2v) is 9.83. The van der Waals surface area contributed by atoms with Crippen LogP contribution in [0.5, 0.6) is 0 Å². The summed E-state index contributed by atoms with van der Waals surface area (Å²) in [4.78, 5) is 37.5. The van der Waals surface area contributed by atoms with Crippen molar-refractivity contribution in [3.8, 4) is 0 Å². The number of hydrogen-bond donors (Lipinski definition) is 0. The van der Waals surface area contributed by atoms with Gasteiger partial charge in [0.05, 0.1) is 7.11 Å². The van der Waals surface area contributed by atoms with Crippen molar-refractivity contribution in [2.24, 2.45) is 28.6 Å². The van der Waals surface area contributed by atoms with Crippen LogP contribution in [0.4, 0.5) is 0 Å². The third-order valence-electron chi connectivity index (χ3n) is 7.88. The zero-order chi connectivity index (χ0) is 20.5. The summed E-state index contributed by atoms with van der Waals surface area (Å²) in [6, 6.07) is 0. The van der Waals surface area contributed by atoms with E-state index in [4.69, 9.17) is 9.47 Å². The molecule has 0 bridgehead atoms. The van der Waals surface area contributed by atoms with Gasteiger partial charge < -0.3 is 9.47 Å². The molecule has 3 saturated carbocycles. The molecule has 0 aliphatic heterocycles. The smallest absolute Gasteiger partial charge is 0.315 e. The van der Waals surface area contributed by atoms with Crippen molar-refractivity contribution in [2.75, 3.05) is 7.11 Å². The Hall–Kier alpha value is -1.39. The molecule has 3 aliphatic rings. The maximum atomic E-state index is 12.7. The van der Waals surface area contributed by atoms with Gasteiger partial charge in [0, 0.05) is 25.2 Å². The molecule has 0 aromatic carbocycles. The van der Waals surface area contributed by atoms with E-state index in [9.17, 15) is 14.4 Å². The standard InChI is InChI=1S/C23H36O5/c1-5-6-7-8-9-10-18(25)28-20-19-15(13-23(20,3)21(26)27-4)11-16-12-17(24)14-22(16,19)2/h15-16,19-20H,5-14H2,1-4H3/t15-,16-,19-,20+,22+,23+/m0/s1. The van der Waals surface area contributed by atoms with Crippen molar-refractivity contribution in [3.05, 3.63) is 0 Å². The van der Waals surface area contributed by atoms with Crippen molar-refractivity contribution < 1.29 is 23.9 Å². The number of carbonyl (C=O) groups is 3. The monoisotopic (exact) mass is 392 g/mol. The van der Waals surface area contributed by atoms with E-state index >= 15 is 0 Å². The normalized spacial score (nSPS) is 38.9. The van der Waals surface area contributed by atoms with Gasteiger partial charge in [0.2, 0.25) is 0 Å². The summed E-state index contributed by atoms with van der Waals surface area (Å²) >= 11 is 0. The zero-order valence-corrected chi connectivity index (χ0v) is 17.9. The third-order valence-corrected chi connectivity index (χ3v) is 7.88. The predicted octanol–water partition coefficient (Wildman–Crippen LogP) is 4.46. The van der Waals surface area contributed by atoms with Crippen LogP contribution >= 0.6 is 0 Å². The second kappa shape index (κ2) is 8.16. The van der Waals surface area contributed by atoms with Gasteiger partial charge in [-0.15, -0.1) is 0 Å². The number of carbonyl (C=O) groups excluding carboxylic acids is 3. The van der Waals surface area contributed by atoms with Gasteiger partial charge in [-0.05, 0) is 43.4 Å². The first-order chi connectivity index (χ1) is 13.3. The first kappa shape index (κ1) is 21.3. The Bertz CT molecular complexity index is 628. The van der Waals surface area contributed by atoms with E-state index in [-0.39, 0.29) is 23.3 Å². The average Bonchev–Trinajstić information content (AvgIpc) is 3.17. The molecule has 28 heavy (non-hydrogen) atoms. The van der Waals surface area contributed by atoms with E-state index < -0.39 is 11.5 Å². The molecular formula is C23H36O5. The predicted molar refractivity (Wildman–Crippen MR) is 105 cm³/mol. The first-order valence-electron chi connectivity index (χ1n) is 11.1. The lowest BCUT2D eigenvalue weighted by atomic mass is 9.70. The van der Waals surface area contributed by atoms with Gasteiger partial charge in [0.15, 0.2) is 0 Å². The summed E-state index contributed by atoms with van der Waals surface area (Å²) in [5.41, 5.74) is -0.985. The highest BCUT2D eigenvalue weighted by molar-refractivity contribution is 5.83. The Balaban J connectivity index is 1.74. The average molecular weight is 393 g/mol. The van der Waals surface area contributed by atoms with E-state index in [1.54, 1.807) is 0 Å². The highest BCUT2D eigenvalue weighted by Crippen LogP contribution is 2.67. The molecule has 5 nitrogen and oxygen atoms in total. The number of esters is 2. The number of methoxy groups -OCH3 is 1. The van der Waals surface area contributed by atoms with Gasteiger partial charge in [0.25, 0.3) is 0 Å². The fourth-order valence-electron chi connectivity index (χ4n) is 6.51. The fourth-order valence-corrected chi connectivity index (χ4v) is 6.51. The molecule has 0 aromatic heterocycles. The molecule has 0 aromatic rings. The molecule has 5 heteroatoms. The third kappa shape index (κ3) is 3.61. The molecule has 3 fully saturated rings. The lowest BCUT2D eigenvalue weighted by molar-refractivity contribution is -0.172. The summed E-state index contributed by atoms with van der Waals surface area (Å²) in [5, 5.41) is 0. The van der Waals surface area contributed by atoms with Gasteiger partial charge in [-0.2, -0.15) is 0 Å². The van der Waals surface area contributed by atoms with Gasteiger partial charge in [0.1, 0.15) is 17.3 Å². The van der Waals surface area contributed by atoms with E-state index in [0.29, 0.717) is 43.3 Å². The molecule has 0 N–H and O–H groups in total. The summed E-state index contributed by atoms with van der Waals surface area (Å²) in [7, 11) is 1.40. The van der Waals surface area contributed by atoms with Crippen molar-refractivity contribution in [1.82, 2.24) is 0 Å². The van der Waals surface area contributed by atoms with Crippen LogP contribution in [0.3, 0.4) is 0 Å². The molecule has 0 heterocycles. The number of unbranched alkanes of at least 4 members (excludes halogenated alkanes) is 4. The van der Waals surface area contributed by atoms with Gasteiger partial charge >= 0.3 is 11.9 Å². The lowest BCUT2D eigenvalue weighted by Crippen LogP contribution is -2.46. The van der Waals surface area contributed by atoms with E-state index in [1.807, 2.05) is 6.92 Å². The summed E-state index contributed by atoms with van der Waals surface area (Å²) in [6.07, 6.45) is 8.07. The van der Waals surface area contributed by atoms with E-state index in [2.05, 4.69) is 13.8 Å². The SMILES string of the molecule is CCCCCCCC(=O)O[C@@H]1[C@@H]2[C@@H](C[C@H]3CC(=O)C[C@]32C)C[C@@]1(C)C(=O)OC. The van der Waals surface area contributed by atoms with E-state index in [0.717, 1.165) is 25.7 Å². The highest BCUT2D eigenvalue weighted by Gasteiger charge is 2.68. The number of hydrogen-bond acceptors (Lipinski definition) is 5. The van der Waals surface area contributed by atoms with Crippen LogP contribution in [0.15, 0.2) is 0 Å². The zero-order valence-electron chi connectivity index (χ0n) is 17.9. The molecule has 0 spiro atoms. The van der Waals surface area contributed by atoms with E-state index in [1.165, 1.54) is 20.0 Å². The number of fused-ring (bicyclic) bond motifs is 3. The quantitative estimate of drug-likeness (QED) is 0.450. The van der Waals surface area contributed by atoms with Crippen LogP contribution in [-0.2, 0) is 23.9 Å². The Kier molecular flexibility index (Phi) is 6.21. The van der Waals surface area contributed by atoms with Crippen LogP contribution in [0, 0.1) is 28.6 Å². The highest BCUT2D eigenvalue weighted by atomic mass is 16.6. The maximum Gasteiger partial charge on any atom is 0.315 e. The van der Waals surface area contributed by atoms with Gasteiger partial charge in [-0.25, -0.2) is 0 Å². The molecule has 6 atom stereocenters. The van der Waals surface area contributed by atoms with Crippen LogP contribution in [-0.4, -0.2) is 30.9 Å². The Labute approximate surface area is 168 Å². The molecule has 3 rings (SSSR count). The van der Waals surface area contributed by atoms with Gasteiger partial charge in [-0.3, -0.25) is 14.4 Å². The molecule has 0 saturated heterocycles. The number of ether oxygens (including phenoxy) is 2. The fraction of sp³-hybridized carbons (Fsp3) is 0.870. The summed E-state index contributed by atoms with van der Waals surface area (Å²) < 4.78 is 11.1. The largest absolute Gasteiger partial charge is 0.468 e. The number of ketones is 1. The Morgan fingerprint density at radius 1 is 1.14 bits per heavy atom. The van der Waals surface area contributed by atoms with Gasteiger partial charge in [-0.1, -0.05) is 39.5 Å². The topological polar surface area (TPSA) is 69.7 Å². The van der Waals surface area contributed by atoms with Crippen LogP contribution in [0.25, 0.3) is 0 Å². The van der Waals surface area contributed by atoms with Crippen molar-refractivity contribution in [2.45, 2.75) is 91.1 Å². The van der Waals surface area contributed by atoms with Crippen LogP contribution in [0.1, 0.15) is 85.0 Å². The summed E-state index contributed by atoms with van der Waals surface area (Å²) in [5.74, 6) is 0.526. The number of Topliss-reactive ketones (excluding diaryl/α,β-unsaturated/α-hetero) is 1. The molecule has 0 unspecified atom stereocenters. The molecule has 158 valence electrons. The minimum Gasteiger partial charge on any atom is -0.468 e. The van der Waals surface area contributed by atoms with Crippen molar-refractivity contribution in [1.29, 1.82) is 0 Å². The lowest BCUT2D eigenvalue weighted by Gasteiger charge is -2.38. The molecule has 3 aliphatic carbocycles. The van der Waals surface area contributed by atoms with Crippen LogP contribution < -0.4 is 0 Å². The van der Waals surface area contributed by atoms with Crippen LogP contribution in [0.2, 0.25) is 0 Å². The minimum absolute atomic E-state index is 0.0668. The van der Waals surface area contributed by atoms with Crippen molar-refractivity contribution >= 4 is 17.7 Å². The Morgan fingerprint density at radius 2 is 1.86 bits per heavy atom.